The average molecular weight is 327 g/mol. The van der Waals surface area contributed by atoms with Gasteiger partial charge in [-0.05, 0) is 30.0 Å². The van der Waals surface area contributed by atoms with E-state index < -0.39 is 6.10 Å². The third kappa shape index (κ3) is 4.75. The molecule has 0 aromatic heterocycles. The lowest BCUT2D eigenvalue weighted by atomic mass is 10.0. The van der Waals surface area contributed by atoms with E-state index in [1.807, 2.05) is 43.3 Å². The van der Waals surface area contributed by atoms with Crippen molar-refractivity contribution in [3.8, 4) is 11.5 Å². The quantitative estimate of drug-likeness (QED) is 0.803. The molecular formula is C20H25NO3. The highest BCUT2D eigenvalue weighted by Gasteiger charge is 2.20. The highest BCUT2D eigenvalue weighted by Crippen LogP contribution is 2.27. The summed E-state index contributed by atoms with van der Waals surface area (Å²) in [7, 11) is 1.59. The summed E-state index contributed by atoms with van der Waals surface area (Å²) in [4.78, 5) is 12.4. The van der Waals surface area contributed by atoms with Crippen LogP contribution in [0.15, 0.2) is 54.6 Å². The van der Waals surface area contributed by atoms with Crippen LogP contribution < -0.4 is 14.8 Å². The van der Waals surface area contributed by atoms with Crippen LogP contribution in [0.4, 0.5) is 0 Å². The van der Waals surface area contributed by atoms with Crippen molar-refractivity contribution >= 4 is 5.91 Å². The monoisotopic (exact) mass is 327 g/mol. The highest BCUT2D eigenvalue weighted by molar-refractivity contribution is 5.81. The zero-order valence-corrected chi connectivity index (χ0v) is 14.5. The van der Waals surface area contributed by atoms with E-state index >= 15 is 0 Å². The maximum atomic E-state index is 12.4. The number of hydrogen-bond acceptors (Lipinski definition) is 3. The summed E-state index contributed by atoms with van der Waals surface area (Å²) in [5, 5.41) is 2.98. The van der Waals surface area contributed by atoms with Gasteiger partial charge in [0.2, 0.25) is 0 Å². The minimum atomic E-state index is -0.538. The molecule has 0 radical (unpaired) electrons. The summed E-state index contributed by atoms with van der Waals surface area (Å²) in [6.45, 7) is 4.60. The third-order valence-corrected chi connectivity index (χ3v) is 3.95. The standard InChI is InChI=1S/C20H25NO3/c1-4-17(24-19-13-9-8-12-18(19)23-3)20(22)21-14-15(2)16-10-6-5-7-11-16/h5-13,15,17H,4,14H2,1-3H3,(H,21,22)/t15-,17-/m1/s1. The summed E-state index contributed by atoms with van der Waals surface area (Å²) < 4.78 is 11.1. The first-order valence-electron chi connectivity index (χ1n) is 8.28. The van der Waals surface area contributed by atoms with E-state index in [-0.39, 0.29) is 11.8 Å². The minimum Gasteiger partial charge on any atom is -0.493 e. The molecule has 0 spiro atoms. The Bertz CT molecular complexity index is 642. The number of carbonyl (C=O) groups is 1. The number of methoxy groups -OCH3 is 1. The summed E-state index contributed by atoms with van der Waals surface area (Å²) in [6, 6.07) is 17.5. The smallest absolute Gasteiger partial charge is 0.261 e. The summed E-state index contributed by atoms with van der Waals surface area (Å²) in [5.41, 5.74) is 1.21. The molecule has 0 saturated heterocycles. The lowest BCUT2D eigenvalue weighted by molar-refractivity contribution is -0.128. The van der Waals surface area contributed by atoms with Gasteiger partial charge in [-0.3, -0.25) is 4.79 Å². The molecule has 0 unspecified atom stereocenters. The first-order chi connectivity index (χ1) is 11.7. The van der Waals surface area contributed by atoms with Crippen molar-refractivity contribution in [1.29, 1.82) is 0 Å². The second-order valence-corrected chi connectivity index (χ2v) is 5.72. The fourth-order valence-electron chi connectivity index (χ4n) is 2.46. The van der Waals surface area contributed by atoms with E-state index in [0.29, 0.717) is 24.5 Å². The molecule has 1 N–H and O–H groups in total. The number of hydrogen-bond donors (Lipinski definition) is 1. The molecule has 0 aliphatic heterocycles. The van der Waals surface area contributed by atoms with Crippen LogP contribution >= 0.6 is 0 Å². The van der Waals surface area contributed by atoms with Crippen molar-refractivity contribution in [3.63, 3.8) is 0 Å². The van der Waals surface area contributed by atoms with Gasteiger partial charge in [0.15, 0.2) is 17.6 Å². The van der Waals surface area contributed by atoms with Crippen LogP contribution in [0.2, 0.25) is 0 Å². The van der Waals surface area contributed by atoms with Gasteiger partial charge in [-0.1, -0.05) is 56.3 Å². The van der Waals surface area contributed by atoms with Gasteiger partial charge < -0.3 is 14.8 Å². The second kappa shape index (κ2) is 8.96. The summed E-state index contributed by atoms with van der Waals surface area (Å²) in [6.07, 6.45) is 0.0492. The number of nitrogens with one attached hydrogen (secondary N) is 1. The molecular weight excluding hydrogens is 302 g/mol. The molecule has 0 bridgehead atoms. The van der Waals surface area contributed by atoms with Crippen LogP contribution in [0.3, 0.4) is 0 Å². The van der Waals surface area contributed by atoms with E-state index in [0.717, 1.165) is 0 Å². The zero-order chi connectivity index (χ0) is 17.4. The Morgan fingerprint density at radius 1 is 1.04 bits per heavy atom. The van der Waals surface area contributed by atoms with Crippen molar-refractivity contribution < 1.29 is 14.3 Å². The topological polar surface area (TPSA) is 47.6 Å². The Hall–Kier alpha value is -2.49. The van der Waals surface area contributed by atoms with Crippen LogP contribution in [0, 0.1) is 0 Å². The molecule has 0 fully saturated rings. The molecule has 128 valence electrons. The number of ether oxygens (including phenoxy) is 2. The number of carbonyl (C=O) groups excluding carboxylic acids is 1. The molecule has 0 aliphatic carbocycles. The minimum absolute atomic E-state index is 0.105. The van der Waals surface area contributed by atoms with Crippen molar-refractivity contribution in [2.24, 2.45) is 0 Å². The van der Waals surface area contributed by atoms with Gasteiger partial charge in [0, 0.05) is 6.54 Å². The highest BCUT2D eigenvalue weighted by atomic mass is 16.5. The molecule has 0 heterocycles. The predicted molar refractivity (Wildman–Crippen MR) is 95.6 cm³/mol. The van der Waals surface area contributed by atoms with Crippen LogP contribution in [-0.4, -0.2) is 25.7 Å². The number of amides is 1. The molecule has 24 heavy (non-hydrogen) atoms. The van der Waals surface area contributed by atoms with Gasteiger partial charge in [0.25, 0.3) is 5.91 Å². The average Bonchev–Trinajstić information content (AvgIpc) is 2.64. The Balaban J connectivity index is 1.94. The van der Waals surface area contributed by atoms with Crippen LogP contribution in [0.5, 0.6) is 11.5 Å². The van der Waals surface area contributed by atoms with E-state index in [2.05, 4.69) is 24.4 Å². The van der Waals surface area contributed by atoms with Crippen molar-refractivity contribution in [2.45, 2.75) is 32.3 Å². The van der Waals surface area contributed by atoms with Gasteiger partial charge in [-0.25, -0.2) is 0 Å². The predicted octanol–water partition coefficient (Wildman–Crippen LogP) is 3.77. The van der Waals surface area contributed by atoms with Gasteiger partial charge in [-0.15, -0.1) is 0 Å². The Kier molecular flexibility index (Phi) is 6.67. The summed E-state index contributed by atoms with van der Waals surface area (Å²) >= 11 is 0. The van der Waals surface area contributed by atoms with E-state index in [1.54, 1.807) is 13.2 Å². The molecule has 2 atom stereocenters. The first kappa shape index (κ1) is 17.9. The normalized spacial score (nSPS) is 13.0. The fourth-order valence-corrected chi connectivity index (χ4v) is 2.46. The lowest BCUT2D eigenvalue weighted by Crippen LogP contribution is -2.39. The molecule has 1 amide bonds. The molecule has 2 rings (SSSR count). The second-order valence-electron chi connectivity index (χ2n) is 5.72. The molecule has 0 aliphatic rings. The van der Waals surface area contributed by atoms with Crippen LogP contribution in [0.1, 0.15) is 31.7 Å². The summed E-state index contributed by atoms with van der Waals surface area (Å²) in [5.74, 6) is 1.35. The molecule has 4 nitrogen and oxygen atoms in total. The van der Waals surface area contributed by atoms with Gasteiger partial charge in [0.1, 0.15) is 0 Å². The van der Waals surface area contributed by atoms with Crippen molar-refractivity contribution in [2.75, 3.05) is 13.7 Å². The maximum Gasteiger partial charge on any atom is 0.261 e. The van der Waals surface area contributed by atoms with E-state index in [9.17, 15) is 4.79 Å². The number of rotatable bonds is 8. The largest absolute Gasteiger partial charge is 0.493 e. The van der Waals surface area contributed by atoms with Crippen molar-refractivity contribution in [3.05, 3.63) is 60.2 Å². The Morgan fingerprint density at radius 2 is 1.67 bits per heavy atom. The van der Waals surface area contributed by atoms with Gasteiger partial charge in [-0.2, -0.15) is 0 Å². The van der Waals surface area contributed by atoms with Crippen LogP contribution in [0.25, 0.3) is 0 Å². The number of benzene rings is 2. The Labute approximate surface area is 143 Å². The maximum absolute atomic E-state index is 12.4. The van der Waals surface area contributed by atoms with Crippen LogP contribution in [-0.2, 0) is 4.79 Å². The van der Waals surface area contributed by atoms with Gasteiger partial charge >= 0.3 is 0 Å². The van der Waals surface area contributed by atoms with E-state index in [4.69, 9.17) is 9.47 Å². The first-order valence-corrected chi connectivity index (χ1v) is 8.28. The molecule has 2 aromatic rings. The third-order valence-electron chi connectivity index (χ3n) is 3.95. The SMILES string of the molecule is CC[C@@H](Oc1ccccc1OC)C(=O)NC[C@@H](C)c1ccccc1. The zero-order valence-electron chi connectivity index (χ0n) is 14.5. The lowest BCUT2D eigenvalue weighted by Gasteiger charge is -2.20. The molecule has 4 heteroatoms. The Morgan fingerprint density at radius 3 is 2.29 bits per heavy atom. The number of para-hydroxylation sites is 2. The molecule has 0 saturated carbocycles. The van der Waals surface area contributed by atoms with Gasteiger partial charge in [0.05, 0.1) is 7.11 Å². The fraction of sp³-hybridized carbons (Fsp3) is 0.350. The van der Waals surface area contributed by atoms with Crippen molar-refractivity contribution in [1.82, 2.24) is 5.32 Å². The molecule has 2 aromatic carbocycles. The van der Waals surface area contributed by atoms with E-state index in [1.165, 1.54) is 5.56 Å².